The number of nitrogens with one attached hydrogen (secondary N) is 1. The Bertz CT molecular complexity index is 681. The second-order valence-electron chi connectivity index (χ2n) is 5.89. The Labute approximate surface area is 132 Å². The lowest BCUT2D eigenvalue weighted by molar-refractivity contribution is -0.111. The molecule has 0 aliphatic rings. The lowest BCUT2D eigenvalue weighted by Gasteiger charge is -2.08. The molecule has 2 rings (SSSR count). The van der Waals surface area contributed by atoms with Crippen LogP contribution in [0, 0.1) is 13.8 Å². The molecule has 2 aromatic carbocycles. The molecule has 0 aromatic heterocycles. The number of hydrogen-bond donors (Lipinski definition) is 1. The predicted octanol–water partition coefficient (Wildman–Crippen LogP) is 5.08. The van der Waals surface area contributed by atoms with Gasteiger partial charge in [0.15, 0.2) is 0 Å². The van der Waals surface area contributed by atoms with E-state index in [2.05, 4.69) is 31.3 Å². The predicted molar refractivity (Wildman–Crippen MR) is 94.1 cm³/mol. The number of benzene rings is 2. The highest BCUT2D eigenvalue weighted by atomic mass is 16.1. The minimum absolute atomic E-state index is 0.110. The molecular weight excluding hydrogens is 270 g/mol. The van der Waals surface area contributed by atoms with Gasteiger partial charge in [-0.3, -0.25) is 4.79 Å². The van der Waals surface area contributed by atoms with E-state index in [9.17, 15) is 4.79 Å². The lowest BCUT2D eigenvalue weighted by atomic mass is 10.0. The Morgan fingerprint density at radius 1 is 1.05 bits per heavy atom. The molecule has 0 spiro atoms. The molecule has 2 nitrogen and oxygen atoms in total. The molecule has 1 N–H and O–H groups in total. The first-order valence-corrected chi connectivity index (χ1v) is 7.62. The van der Waals surface area contributed by atoms with E-state index in [4.69, 9.17) is 0 Å². The minimum Gasteiger partial charge on any atom is -0.322 e. The van der Waals surface area contributed by atoms with Crippen molar-refractivity contribution >= 4 is 17.7 Å². The Hall–Kier alpha value is -2.35. The molecule has 0 saturated carbocycles. The number of hydrogen-bond acceptors (Lipinski definition) is 1. The van der Waals surface area contributed by atoms with Crippen LogP contribution in [-0.2, 0) is 4.79 Å². The van der Waals surface area contributed by atoms with Gasteiger partial charge < -0.3 is 5.32 Å². The zero-order valence-corrected chi connectivity index (χ0v) is 13.7. The van der Waals surface area contributed by atoms with Crippen LogP contribution < -0.4 is 5.32 Å². The fourth-order valence-electron chi connectivity index (χ4n) is 2.22. The zero-order valence-electron chi connectivity index (χ0n) is 13.7. The van der Waals surface area contributed by atoms with Gasteiger partial charge >= 0.3 is 0 Å². The van der Waals surface area contributed by atoms with Crippen molar-refractivity contribution in [3.05, 3.63) is 70.8 Å². The van der Waals surface area contributed by atoms with Crippen LogP contribution >= 0.6 is 0 Å². The Morgan fingerprint density at radius 2 is 1.73 bits per heavy atom. The number of amides is 1. The van der Waals surface area contributed by atoms with E-state index in [1.165, 1.54) is 11.1 Å². The van der Waals surface area contributed by atoms with Gasteiger partial charge in [-0.2, -0.15) is 0 Å². The maximum Gasteiger partial charge on any atom is 0.248 e. The van der Waals surface area contributed by atoms with Crippen molar-refractivity contribution in [1.29, 1.82) is 0 Å². The SMILES string of the molecule is Cc1cccc(NC(=O)/C=C/c2ccc(C(C)C)cc2)c1C. The number of anilines is 1. The molecule has 0 radical (unpaired) electrons. The van der Waals surface area contributed by atoms with Crippen LogP contribution in [0.2, 0.25) is 0 Å². The molecule has 1 amide bonds. The van der Waals surface area contributed by atoms with E-state index in [-0.39, 0.29) is 5.91 Å². The fourth-order valence-corrected chi connectivity index (χ4v) is 2.22. The summed E-state index contributed by atoms with van der Waals surface area (Å²) < 4.78 is 0. The first-order valence-electron chi connectivity index (χ1n) is 7.62. The zero-order chi connectivity index (χ0) is 16.1. The molecule has 0 aliphatic heterocycles. The summed E-state index contributed by atoms with van der Waals surface area (Å²) in [5.74, 6) is 0.409. The van der Waals surface area contributed by atoms with Crippen molar-refractivity contribution in [2.24, 2.45) is 0 Å². The largest absolute Gasteiger partial charge is 0.322 e. The summed E-state index contributed by atoms with van der Waals surface area (Å²) >= 11 is 0. The van der Waals surface area contributed by atoms with Gasteiger partial charge in [-0.25, -0.2) is 0 Å². The normalized spacial score (nSPS) is 11.1. The van der Waals surface area contributed by atoms with Crippen LogP contribution in [0.4, 0.5) is 5.69 Å². The highest BCUT2D eigenvalue weighted by Crippen LogP contribution is 2.18. The van der Waals surface area contributed by atoms with Gasteiger partial charge in [0.05, 0.1) is 0 Å². The average Bonchev–Trinajstić information content (AvgIpc) is 2.50. The van der Waals surface area contributed by atoms with Crippen LogP contribution in [0.5, 0.6) is 0 Å². The smallest absolute Gasteiger partial charge is 0.248 e. The van der Waals surface area contributed by atoms with Gasteiger partial charge in [0.2, 0.25) is 5.91 Å². The van der Waals surface area contributed by atoms with Crippen molar-refractivity contribution in [3.8, 4) is 0 Å². The van der Waals surface area contributed by atoms with Crippen LogP contribution in [0.25, 0.3) is 6.08 Å². The summed E-state index contributed by atoms with van der Waals surface area (Å²) in [4.78, 5) is 12.0. The summed E-state index contributed by atoms with van der Waals surface area (Å²) in [5, 5.41) is 2.93. The van der Waals surface area contributed by atoms with Crippen molar-refractivity contribution in [2.75, 3.05) is 5.32 Å². The molecule has 0 atom stereocenters. The van der Waals surface area contributed by atoms with Crippen LogP contribution in [-0.4, -0.2) is 5.91 Å². The Kier molecular flexibility index (Phi) is 5.16. The maximum atomic E-state index is 12.0. The third kappa shape index (κ3) is 4.08. The first-order chi connectivity index (χ1) is 10.5. The van der Waals surface area contributed by atoms with E-state index in [0.717, 1.165) is 16.8 Å². The quantitative estimate of drug-likeness (QED) is 0.783. The number of carbonyl (C=O) groups is 1. The third-order valence-corrected chi connectivity index (χ3v) is 3.89. The highest BCUT2D eigenvalue weighted by Gasteiger charge is 2.03. The summed E-state index contributed by atoms with van der Waals surface area (Å²) in [6.45, 7) is 8.39. The number of carbonyl (C=O) groups excluding carboxylic acids is 1. The fraction of sp³-hybridized carbons (Fsp3) is 0.250. The molecular formula is C20H23NO. The molecule has 2 aromatic rings. The summed E-state index contributed by atoms with van der Waals surface area (Å²) in [6.07, 6.45) is 3.41. The topological polar surface area (TPSA) is 29.1 Å². The van der Waals surface area contributed by atoms with Crippen molar-refractivity contribution in [1.82, 2.24) is 0 Å². The van der Waals surface area contributed by atoms with Gasteiger partial charge in [0.1, 0.15) is 0 Å². The molecule has 22 heavy (non-hydrogen) atoms. The molecule has 0 fully saturated rings. The molecule has 0 aliphatic carbocycles. The van der Waals surface area contributed by atoms with E-state index in [1.54, 1.807) is 6.08 Å². The second-order valence-corrected chi connectivity index (χ2v) is 5.89. The molecule has 0 unspecified atom stereocenters. The van der Waals surface area contributed by atoms with E-state index in [0.29, 0.717) is 5.92 Å². The van der Waals surface area contributed by atoms with Gasteiger partial charge in [-0.1, -0.05) is 50.2 Å². The highest BCUT2D eigenvalue weighted by molar-refractivity contribution is 6.02. The molecule has 2 heteroatoms. The van der Waals surface area contributed by atoms with Crippen LogP contribution in [0.3, 0.4) is 0 Å². The Balaban J connectivity index is 2.03. The standard InChI is InChI=1S/C20H23NO/c1-14(2)18-11-8-17(9-12-18)10-13-20(22)21-19-7-5-6-15(3)16(19)4/h5-14H,1-4H3,(H,21,22)/b13-10+. The number of rotatable bonds is 4. The van der Waals surface area contributed by atoms with Crippen molar-refractivity contribution < 1.29 is 4.79 Å². The van der Waals surface area contributed by atoms with Crippen molar-refractivity contribution in [3.63, 3.8) is 0 Å². The maximum absolute atomic E-state index is 12.0. The van der Waals surface area contributed by atoms with Gasteiger partial charge in [0.25, 0.3) is 0 Å². The lowest BCUT2D eigenvalue weighted by Crippen LogP contribution is -2.09. The van der Waals surface area contributed by atoms with Gasteiger partial charge in [-0.05, 0) is 54.2 Å². The monoisotopic (exact) mass is 293 g/mol. The average molecular weight is 293 g/mol. The summed E-state index contributed by atoms with van der Waals surface area (Å²) in [5.41, 5.74) is 5.47. The minimum atomic E-state index is -0.110. The Morgan fingerprint density at radius 3 is 2.36 bits per heavy atom. The van der Waals surface area contributed by atoms with Crippen LogP contribution in [0.15, 0.2) is 48.5 Å². The molecule has 114 valence electrons. The van der Waals surface area contributed by atoms with Crippen LogP contribution in [0.1, 0.15) is 42.0 Å². The number of aryl methyl sites for hydroxylation is 1. The first kappa shape index (κ1) is 16.0. The van der Waals surface area contributed by atoms with Crippen molar-refractivity contribution in [2.45, 2.75) is 33.6 Å². The van der Waals surface area contributed by atoms with Gasteiger partial charge in [0, 0.05) is 11.8 Å². The van der Waals surface area contributed by atoms with E-state index in [1.807, 2.05) is 50.3 Å². The molecule has 0 saturated heterocycles. The third-order valence-electron chi connectivity index (χ3n) is 3.89. The second kappa shape index (κ2) is 7.08. The van der Waals surface area contributed by atoms with E-state index < -0.39 is 0 Å². The molecule has 0 heterocycles. The summed E-state index contributed by atoms with van der Waals surface area (Å²) in [6, 6.07) is 14.2. The molecule has 0 bridgehead atoms. The summed E-state index contributed by atoms with van der Waals surface area (Å²) in [7, 11) is 0. The van der Waals surface area contributed by atoms with E-state index >= 15 is 0 Å². The van der Waals surface area contributed by atoms with Gasteiger partial charge in [-0.15, -0.1) is 0 Å².